The van der Waals surface area contributed by atoms with Crippen molar-refractivity contribution in [3.8, 4) is 5.75 Å². The van der Waals surface area contributed by atoms with Crippen molar-refractivity contribution in [3.63, 3.8) is 0 Å². The Kier molecular flexibility index (Phi) is 13.2. The monoisotopic (exact) mass is 907 g/mol. The molecule has 2 aromatic carbocycles. The van der Waals surface area contributed by atoms with E-state index in [0.717, 1.165) is 41.9 Å². The summed E-state index contributed by atoms with van der Waals surface area (Å²) in [5, 5.41) is 14.8. The van der Waals surface area contributed by atoms with Gasteiger partial charge in [0.1, 0.15) is 17.3 Å². The number of imide groups is 2. The first-order chi connectivity index (χ1) is 30.1. The molecule has 5 fully saturated rings. The number of likely N-dealkylation sites (tertiary alicyclic amines) is 1. The summed E-state index contributed by atoms with van der Waals surface area (Å²) in [6.07, 6.45) is 3.39. The maximum atomic E-state index is 13.4. The standard InChI is InChI=1S/C42H53N9O10S2/c1-48(21-36(54)49-18-24(19-49)22-61-32-8-4-7-29-37(32)41(58)51(40(29)57)31-9-10-34(52)46-39(31)56)33-16-26(11-13-43-33)25-5-3-6-27(15-25)30-23-62-42(45-30)47-35(53)17-44-38(55)28-12-14-50(20-28)63(2,59)60/h3-8,15,24,26,28,30-31,33,42-43,45H,9-14,16-23H2,1-2H3,(H,44,55)(H,47,53)(H,46,52,56). The van der Waals surface area contributed by atoms with Gasteiger partial charge in [-0.25, -0.2) is 12.7 Å². The van der Waals surface area contributed by atoms with Gasteiger partial charge in [-0.2, -0.15) is 0 Å². The number of ether oxygens (including phenoxy) is 1. The summed E-state index contributed by atoms with van der Waals surface area (Å²) in [7, 11) is -1.42. The van der Waals surface area contributed by atoms with Gasteiger partial charge in [0.05, 0.1) is 49.2 Å². The van der Waals surface area contributed by atoms with Crippen molar-refractivity contribution in [3.05, 3.63) is 64.7 Å². The zero-order valence-electron chi connectivity index (χ0n) is 35.2. The molecule has 5 N–H and O–H groups in total. The van der Waals surface area contributed by atoms with Gasteiger partial charge >= 0.3 is 0 Å². The Balaban J connectivity index is 0.762. The largest absolute Gasteiger partial charge is 0.492 e. The van der Waals surface area contributed by atoms with Crippen LogP contribution in [0.5, 0.6) is 5.75 Å². The van der Waals surface area contributed by atoms with Gasteiger partial charge < -0.3 is 25.6 Å². The average Bonchev–Trinajstić information content (AvgIpc) is 3.99. The fourth-order valence-electron chi connectivity index (χ4n) is 9.18. The van der Waals surface area contributed by atoms with Crippen LogP contribution in [-0.2, 0) is 34.0 Å². The van der Waals surface area contributed by atoms with E-state index < -0.39 is 45.6 Å². The molecule has 6 atom stereocenters. The number of piperidine rings is 2. The SMILES string of the molecule is CN(CC(=O)N1CC(COc2cccc3c2C(=O)N(C2CCC(=O)NC2=O)C3=O)C1)C1CC(c2cccc(C3CSC(NC(=O)CNC(=O)C4CCN(S(C)(=O)=O)C4)N3)c2)CCN1. The van der Waals surface area contributed by atoms with E-state index in [4.69, 9.17) is 4.74 Å². The lowest BCUT2D eigenvalue weighted by Gasteiger charge is -2.41. The van der Waals surface area contributed by atoms with Crippen molar-refractivity contribution in [1.29, 1.82) is 0 Å². The summed E-state index contributed by atoms with van der Waals surface area (Å²) in [6.45, 7) is 2.47. The van der Waals surface area contributed by atoms with Crippen LogP contribution in [0.4, 0.5) is 0 Å². The lowest BCUT2D eigenvalue weighted by Crippen LogP contribution is -2.57. The fourth-order valence-corrected chi connectivity index (χ4v) is 11.2. The van der Waals surface area contributed by atoms with Crippen LogP contribution < -0.4 is 31.3 Å². The smallest absolute Gasteiger partial charge is 0.266 e. The van der Waals surface area contributed by atoms with E-state index >= 15 is 0 Å². The summed E-state index contributed by atoms with van der Waals surface area (Å²) >= 11 is 1.57. The molecule has 6 aliphatic rings. The first-order valence-electron chi connectivity index (χ1n) is 21.3. The maximum absolute atomic E-state index is 13.4. The molecule has 8 rings (SSSR count). The minimum absolute atomic E-state index is 0.00418. The molecule has 0 spiro atoms. The first-order valence-corrected chi connectivity index (χ1v) is 24.2. The number of benzene rings is 2. The van der Waals surface area contributed by atoms with Crippen molar-refractivity contribution in [2.24, 2.45) is 11.8 Å². The highest BCUT2D eigenvalue weighted by atomic mass is 32.2. The summed E-state index contributed by atoms with van der Waals surface area (Å²) in [5.74, 6) is -2.19. The molecule has 6 unspecified atom stereocenters. The second-order valence-electron chi connectivity index (χ2n) is 17.2. The Labute approximate surface area is 369 Å². The van der Waals surface area contributed by atoms with Crippen molar-refractivity contribution in [2.75, 3.05) is 71.5 Å². The van der Waals surface area contributed by atoms with Gasteiger partial charge in [0.15, 0.2) is 0 Å². The molecule has 0 radical (unpaired) electrons. The third-order valence-electron chi connectivity index (χ3n) is 12.8. The molecule has 0 saturated carbocycles. The predicted molar refractivity (Wildman–Crippen MR) is 229 cm³/mol. The van der Waals surface area contributed by atoms with Crippen LogP contribution in [0, 0.1) is 11.8 Å². The number of carbonyl (C=O) groups excluding carboxylic acids is 7. The second kappa shape index (κ2) is 18.7. The molecule has 19 nitrogen and oxygen atoms in total. The number of fused-ring (bicyclic) bond motifs is 1. The number of hydrogen-bond acceptors (Lipinski definition) is 14. The molecular weight excluding hydrogens is 855 g/mol. The Morgan fingerprint density at radius 3 is 2.52 bits per heavy atom. The van der Waals surface area contributed by atoms with E-state index in [1.807, 2.05) is 7.05 Å². The Morgan fingerprint density at radius 2 is 1.76 bits per heavy atom. The van der Waals surface area contributed by atoms with Gasteiger partial charge in [0, 0.05) is 50.3 Å². The van der Waals surface area contributed by atoms with Crippen LogP contribution in [-0.4, -0.2) is 158 Å². The van der Waals surface area contributed by atoms with Crippen LogP contribution in [0.25, 0.3) is 0 Å². The summed E-state index contributed by atoms with van der Waals surface area (Å²) < 4.78 is 30.9. The molecule has 0 aromatic heterocycles. The summed E-state index contributed by atoms with van der Waals surface area (Å²) in [6, 6.07) is 12.2. The molecule has 6 heterocycles. The van der Waals surface area contributed by atoms with Crippen molar-refractivity contribution >= 4 is 63.1 Å². The predicted octanol–water partition coefficient (Wildman–Crippen LogP) is -0.475. The van der Waals surface area contributed by atoms with E-state index in [1.54, 1.807) is 28.8 Å². The molecule has 7 amide bonds. The molecular formula is C42H53N9O10S2. The average molecular weight is 908 g/mol. The topological polar surface area (TPSA) is 236 Å². The number of sulfonamides is 1. The number of nitrogens with zero attached hydrogens (tertiary/aromatic N) is 4. The number of hydrogen-bond donors (Lipinski definition) is 5. The lowest BCUT2D eigenvalue weighted by atomic mass is 9.87. The third-order valence-corrected chi connectivity index (χ3v) is 15.2. The van der Waals surface area contributed by atoms with E-state index in [-0.39, 0.29) is 103 Å². The molecule has 338 valence electrons. The van der Waals surface area contributed by atoms with Crippen LogP contribution >= 0.6 is 11.8 Å². The summed E-state index contributed by atoms with van der Waals surface area (Å²) in [5.41, 5.74) is 2.25. The molecule has 0 bridgehead atoms. The fraction of sp³-hybridized carbons (Fsp3) is 0.548. The molecule has 6 aliphatic heterocycles. The van der Waals surface area contributed by atoms with Crippen molar-refractivity contribution < 1.29 is 46.7 Å². The molecule has 63 heavy (non-hydrogen) atoms. The van der Waals surface area contributed by atoms with Crippen LogP contribution in [0.1, 0.15) is 75.9 Å². The van der Waals surface area contributed by atoms with Gasteiger partial charge in [0.25, 0.3) is 11.8 Å². The minimum atomic E-state index is -3.36. The van der Waals surface area contributed by atoms with Crippen molar-refractivity contribution in [1.82, 2.24) is 45.6 Å². The number of likely N-dealkylation sites (N-methyl/N-ethyl adjacent to an activating group) is 1. The number of rotatable bonds is 14. The number of carbonyl (C=O) groups is 7. The van der Waals surface area contributed by atoms with Crippen LogP contribution in [0.2, 0.25) is 0 Å². The van der Waals surface area contributed by atoms with Gasteiger partial charge in [-0.15, -0.1) is 11.8 Å². The zero-order chi connectivity index (χ0) is 44.6. The molecule has 21 heteroatoms. The maximum Gasteiger partial charge on any atom is 0.266 e. The summed E-state index contributed by atoms with van der Waals surface area (Å²) in [4.78, 5) is 94.1. The highest BCUT2D eigenvalue weighted by molar-refractivity contribution is 8.00. The van der Waals surface area contributed by atoms with E-state index in [2.05, 4.69) is 55.7 Å². The van der Waals surface area contributed by atoms with Crippen molar-refractivity contribution in [2.45, 2.75) is 61.8 Å². The quantitative estimate of drug-likeness (QED) is 0.151. The molecule has 2 aromatic rings. The first kappa shape index (κ1) is 44.7. The lowest BCUT2D eigenvalue weighted by molar-refractivity contribution is -0.140. The number of thioether (sulfide) groups is 1. The minimum Gasteiger partial charge on any atom is -0.492 e. The number of nitrogens with one attached hydrogen (secondary N) is 5. The molecule has 0 aliphatic carbocycles. The van der Waals surface area contributed by atoms with Crippen LogP contribution in [0.3, 0.4) is 0 Å². The zero-order valence-corrected chi connectivity index (χ0v) is 36.8. The Hall–Kier alpha value is -4.93. The second-order valence-corrected chi connectivity index (χ2v) is 20.3. The van der Waals surface area contributed by atoms with E-state index in [1.165, 1.54) is 15.9 Å². The van der Waals surface area contributed by atoms with Gasteiger partial charge in [-0.3, -0.25) is 54.0 Å². The van der Waals surface area contributed by atoms with E-state index in [9.17, 15) is 42.0 Å². The van der Waals surface area contributed by atoms with Gasteiger partial charge in [-0.1, -0.05) is 30.3 Å². The Bertz CT molecular complexity index is 2290. The van der Waals surface area contributed by atoms with E-state index in [0.29, 0.717) is 26.1 Å². The molecule has 5 saturated heterocycles. The van der Waals surface area contributed by atoms with Crippen LogP contribution in [0.15, 0.2) is 42.5 Å². The third kappa shape index (κ3) is 9.92. The number of amides is 7. The Morgan fingerprint density at radius 1 is 0.984 bits per heavy atom. The highest BCUT2D eigenvalue weighted by Gasteiger charge is 2.46. The highest BCUT2D eigenvalue weighted by Crippen LogP contribution is 2.36. The van der Waals surface area contributed by atoms with Gasteiger partial charge in [-0.05, 0) is 68.5 Å². The normalized spacial score (nSPS) is 26.7. The van der Waals surface area contributed by atoms with Gasteiger partial charge in [0.2, 0.25) is 39.6 Å².